The van der Waals surface area contributed by atoms with Gasteiger partial charge in [0, 0.05) is 17.7 Å². The number of allylic oxidation sites excluding steroid dienone is 3. The number of aliphatic hydroxyl groups is 1. The molecule has 2 saturated carbocycles. The summed E-state index contributed by atoms with van der Waals surface area (Å²) in [5.74, 6) is 1.26. The highest BCUT2D eigenvalue weighted by Crippen LogP contribution is 2.51. The third-order valence-electron chi connectivity index (χ3n) is 8.13. The van der Waals surface area contributed by atoms with Crippen LogP contribution in [-0.4, -0.2) is 16.7 Å². The molecule has 2 N–H and O–H groups in total. The fourth-order valence-corrected chi connectivity index (χ4v) is 6.18. The third kappa shape index (κ3) is 4.42. The van der Waals surface area contributed by atoms with Gasteiger partial charge in [-0.15, -0.1) is 4.99 Å². The standard InChI is InChI=1S/C28H33N3O2/c1-27(2)12-10-20(11-13-27)22-15-21(28(33)16-18-4-5-19(14-18)17-28)6-7-23(22)31-26(32)24-8-9-25(29-3)30-24/h6-7,9-10,15,18-19,33H,4-5,8,11-14,16-17H2,1-2H3,(H,31,32). The van der Waals surface area contributed by atoms with E-state index in [2.05, 4.69) is 41.1 Å². The van der Waals surface area contributed by atoms with Crippen molar-refractivity contribution in [3.8, 4) is 0 Å². The first-order chi connectivity index (χ1) is 15.7. The molecule has 2 bridgehead atoms. The lowest BCUT2D eigenvalue weighted by Crippen LogP contribution is -2.33. The Labute approximate surface area is 196 Å². The summed E-state index contributed by atoms with van der Waals surface area (Å²) in [6, 6.07) is 6.08. The van der Waals surface area contributed by atoms with E-state index in [-0.39, 0.29) is 17.1 Å². The van der Waals surface area contributed by atoms with Gasteiger partial charge < -0.3 is 15.3 Å². The van der Waals surface area contributed by atoms with Crippen molar-refractivity contribution < 1.29 is 9.90 Å². The van der Waals surface area contributed by atoms with Crippen molar-refractivity contribution in [2.75, 3.05) is 5.32 Å². The van der Waals surface area contributed by atoms with Crippen LogP contribution >= 0.6 is 0 Å². The number of anilines is 1. The molecule has 4 aliphatic rings. The molecule has 0 radical (unpaired) electrons. The van der Waals surface area contributed by atoms with Crippen molar-refractivity contribution in [1.29, 1.82) is 0 Å². The van der Waals surface area contributed by atoms with Crippen LogP contribution in [0.25, 0.3) is 10.4 Å². The Hall–Kier alpha value is -2.71. The molecule has 2 unspecified atom stereocenters. The van der Waals surface area contributed by atoms with Crippen LogP contribution in [0.1, 0.15) is 82.8 Å². The number of carbonyl (C=O) groups excluding carboxylic acids is 1. The molecule has 1 aliphatic heterocycles. The fraction of sp³-hybridized carbons (Fsp3) is 0.536. The minimum absolute atomic E-state index is 0.259. The summed E-state index contributed by atoms with van der Waals surface area (Å²) in [5.41, 5.74) is 3.87. The van der Waals surface area contributed by atoms with Crippen LogP contribution in [0.5, 0.6) is 0 Å². The van der Waals surface area contributed by atoms with Crippen molar-refractivity contribution in [1.82, 2.24) is 0 Å². The van der Waals surface area contributed by atoms with Crippen molar-refractivity contribution in [2.24, 2.45) is 22.2 Å². The van der Waals surface area contributed by atoms with Gasteiger partial charge in [0.1, 0.15) is 0 Å². The molecule has 1 aromatic rings. The van der Waals surface area contributed by atoms with Crippen LogP contribution in [0.3, 0.4) is 0 Å². The maximum Gasteiger partial charge on any atom is 0.293 e. The second-order valence-corrected chi connectivity index (χ2v) is 11.2. The highest BCUT2D eigenvalue weighted by Gasteiger charge is 2.44. The van der Waals surface area contributed by atoms with E-state index in [0.29, 0.717) is 24.0 Å². The highest BCUT2D eigenvalue weighted by atomic mass is 16.3. The average molecular weight is 444 g/mol. The Morgan fingerprint density at radius 2 is 1.97 bits per heavy atom. The molecule has 5 heteroatoms. The van der Waals surface area contributed by atoms with Crippen LogP contribution in [-0.2, 0) is 10.4 Å². The van der Waals surface area contributed by atoms with Crippen molar-refractivity contribution in [3.63, 3.8) is 0 Å². The zero-order valence-electron chi connectivity index (χ0n) is 19.7. The summed E-state index contributed by atoms with van der Waals surface area (Å²) in [4.78, 5) is 20.4. The van der Waals surface area contributed by atoms with Gasteiger partial charge in [-0.1, -0.05) is 51.5 Å². The molecular weight excluding hydrogens is 410 g/mol. The van der Waals surface area contributed by atoms with E-state index in [0.717, 1.165) is 48.9 Å². The predicted molar refractivity (Wildman–Crippen MR) is 131 cm³/mol. The number of nitrogens with one attached hydrogen (secondary N) is 1. The van der Waals surface area contributed by atoms with Gasteiger partial charge in [0.05, 0.1) is 5.60 Å². The molecule has 0 aromatic heterocycles. The van der Waals surface area contributed by atoms with Crippen molar-refractivity contribution in [2.45, 2.75) is 77.2 Å². The van der Waals surface area contributed by atoms with E-state index in [1.165, 1.54) is 24.8 Å². The Bertz CT molecular complexity index is 1110. The summed E-state index contributed by atoms with van der Waals surface area (Å²) in [6.45, 7) is 11.7. The first-order valence-electron chi connectivity index (χ1n) is 12.3. The van der Waals surface area contributed by atoms with E-state index >= 15 is 0 Å². The van der Waals surface area contributed by atoms with E-state index in [9.17, 15) is 9.90 Å². The molecule has 2 atom stereocenters. The van der Waals surface area contributed by atoms with Gasteiger partial charge in [-0.25, -0.2) is 0 Å². The Morgan fingerprint density at radius 3 is 2.61 bits per heavy atom. The predicted octanol–water partition coefficient (Wildman–Crippen LogP) is 6.22. The van der Waals surface area contributed by atoms with Crippen LogP contribution < -0.4 is 5.32 Å². The topological polar surface area (TPSA) is 66.0 Å². The number of benzene rings is 1. The lowest BCUT2D eigenvalue weighted by molar-refractivity contribution is -0.110. The van der Waals surface area contributed by atoms with Gasteiger partial charge in [-0.05, 0) is 79.0 Å². The van der Waals surface area contributed by atoms with Crippen molar-refractivity contribution in [3.05, 3.63) is 58.7 Å². The molecule has 1 heterocycles. The molecule has 2 fully saturated rings. The smallest absolute Gasteiger partial charge is 0.293 e. The Kier molecular flexibility index (Phi) is 5.53. The van der Waals surface area contributed by atoms with Gasteiger partial charge in [0.25, 0.3) is 11.7 Å². The second-order valence-electron chi connectivity index (χ2n) is 11.2. The van der Waals surface area contributed by atoms with E-state index in [1.807, 2.05) is 12.1 Å². The quantitative estimate of drug-likeness (QED) is 0.542. The molecule has 5 rings (SSSR count). The summed E-state index contributed by atoms with van der Waals surface area (Å²) in [7, 11) is 0. The highest BCUT2D eigenvalue weighted by molar-refractivity contribution is 6.44. The lowest BCUT2D eigenvalue weighted by atomic mass is 9.72. The van der Waals surface area contributed by atoms with Gasteiger partial charge in [0.2, 0.25) is 0 Å². The molecular formula is C28H33N3O2. The maximum atomic E-state index is 12.9. The second kappa shape index (κ2) is 8.25. The Morgan fingerprint density at radius 1 is 1.21 bits per heavy atom. The number of fused-ring (bicyclic) bond motifs is 2. The number of rotatable bonds is 4. The van der Waals surface area contributed by atoms with Gasteiger partial charge in [0.15, 0.2) is 5.71 Å². The number of hydrogen-bond acceptors (Lipinski definition) is 3. The summed E-state index contributed by atoms with van der Waals surface area (Å²) < 4.78 is 0. The molecule has 0 saturated heterocycles. The molecule has 3 aliphatic carbocycles. The molecule has 172 valence electrons. The van der Waals surface area contributed by atoms with E-state index in [1.54, 1.807) is 6.08 Å². The molecule has 0 spiro atoms. The minimum Gasteiger partial charge on any atom is -0.385 e. The number of nitrogens with zero attached hydrogens (tertiary/aromatic N) is 2. The number of carbonyl (C=O) groups is 1. The summed E-state index contributed by atoms with van der Waals surface area (Å²) >= 11 is 0. The molecule has 33 heavy (non-hydrogen) atoms. The van der Waals surface area contributed by atoms with Gasteiger partial charge >= 0.3 is 0 Å². The largest absolute Gasteiger partial charge is 0.385 e. The third-order valence-corrected chi connectivity index (χ3v) is 8.13. The maximum absolute atomic E-state index is 12.9. The number of aliphatic imine (C=N–C) groups is 1. The zero-order chi connectivity index (χ0) is 23.2. The lowest BCUT2D eigenvalue weighted by Gasteiger charge is -2.37. The average Bonchev–Trinajstić information content (AvgIpc) is 3.40. The van der Waals surface area contributed by atoms with Crippen LogP contribution in [0.15, 0.2) is 41.2 Å². The zero-order valence-corrected chi connectivity index (χ0v) is 19.7. The monoisotopic (exact) mass is 443 g/mol. The van der Waals surface area contributed by atoms with Gasteiger partial charge in [-0.2, -0.15) is 0 Å². The van der Waals surface area contributed by atoms with Gasteiger partial charge in [-0.3, -0.25) is 4.79 Å². The first-order valence-corrected chi connectivity index (χ1v) is 12.3. The summed E-state index contributed by atoms with van der Waals surface area (Å²) in [6.07, 6.45) is 12.8. The van der Waals surface area contributed by atoms with Crippen molar-refractivity contribution >= 4 is 22.9 Å². The number of amides is 1. The first kappa shape index (κ1) is 22.1. The molecule has 1 amide bonds. The number of hydrogen-bond donors (Lipinski definition) is 2. The molecule has 5 nitrogen and oxygen atoms in total. The normalized spacial score (nSPS) is 30.2. The Balaban J connectivity index is 1.48. The van der Waals surface area contributed by atoms with Crippen LogP contribution in [0, 0.1) is 23.8 Å². The minimum atomic E-state index is -0.778. The van der Waals surface area contributed by atoms with Crippen LogP contribution in [0.4, 0.5) is 5.69 Å². The SMILES string of the molecule is [C-]#[N+]C1=CCC(C(=O)Nc2ccc(C3(O)CC4CCC(C4)C3)cc2C2=CCC(C)(C)CC2)=N1. The van der Waals surface area contributed by atoms with Crippen LogP contribution in [0.2, 0.25) is 0 Å². The van der Waals surface area contributed by atoms with E-state index in [4.69, 9.17) is 6.57 Å². The molecule has 1 aromatic carbocycles. The summed E-state index contributed by atoms with van der Waals surface area (Å²) in [5, 5.41) is 14.7. The fourth-order valence-electron chi connectivity index (χ4n) is 6.18. The van der Waals surface area contributed by atoms with E-state index < -0.39 is 5.60 Å².